The lowest BCUT2D eigenvalue weighted by atomic mass is 9.37. The number of hydrogen-bond donors (Lipinski definition) is 0. The van der Waals surface area contributed by atoms with Crippen LogP contribution in [-0.2, 0) is 19.0 Å². The third-order valence-corrected chi connectivity index (χ3v) is 6.38. The fourth-order valence-electron chi connectivity index (χ4n) is 4.79. The first-order valence-electron chi connectivity index (χ1n) is 11.2. The fraction of sp³-hybridized carbons (Fsp3) is 0.957. The Hall–Kier alpha value is -0.650. The molecule has 4 aliphatic rings. The molecule has 0 radical (unpaired) electrons. The molecule has 4 fully saturated rings. The standard InChI is InChI=1S/C23H41NO4/c1-21(2,3)27-11-9-7-8-10-26-16-19-17-12-23(19,13-17)20(25)24-14-18(15-24)28-22(4,5)6/h17-19H,7-16H2,1-6H3. The highest BCUT2D eigenvalue weighted by molar-refractivity contribution is 5.87. The molecule has 0 aromatic rings. The van der Waals surface area contributed by atoms with E-state index in [1.807, 2.05) is 4.90 Å². The summed E-state index contributed by atoms with van der Waals surface area (Å²) < 4.78 is 17.7. The molecule has 1 unspecified atom stereocenters. The Kier molecular flexibility index (Phi) is 6.48. The van der Waals surface area contributed by atoms with Crippen molar-refractivity contribution in [3.05, 3.63) is 0 Å². The lowest BCUT2D eigenvalue weighted by molar-refractivity contribution is -0.232. The van der Waals surface area contributed by atoms with Gasteiger partial charge in [-0.25, -0.2) is 0 Å². The van der Waals surface area contributed by atoms with Gasteiger partial charge in [0.2, 0.25) is 5.91 Å². The Labute approximate surface area is 171 Å². The van der Waals surface area contributed by atoms with Crippen LogP contribution in [0.4, 0.5) is 0 Å². The van der Waals surface area contributed by atoms with Crippen molar-refractivity contribution in [2.75, 3.05) is 32.9 Å². The van der Waals surface area contributed by atoms with Crippen molar-refractivity contribution < 1.29 is 19.0 Å². The van der Waals surface area contributed by atoms with E-state index in [0.29, 0.717) is 17.7 Å². The van der Waals surface area contributed by atoms with Gasteiger partial charge in [-0.15, -0.1) is 0 Å². The van der Waals surface area contributed by atoms with Crippen LogP contribution in [0.3, 0.4) is 0 Å². The molecule has 0 N–H and O–H groups in total. The largest absolute Gasteiger partial charge is 0.381 e. The summed E-state index contributed by atoms with van der Waals surface area (Å²) in [5.74, 6) is 1.52. The normalized spacial score (nSPS) is 29.9. The lowest BCUT2D eigenvalue weighted by Gasteiger charge is -2.68. The predicted octanol–water partition coefficient (Wildman–Crippen LogP) is 4.04. The Morgan fingerprint density at radius 1 is 0.964 bits per heavy atom. The van der Waals surface area contributed by atoms with Gasteiger partial charge in [0.15, 0.2) is 0 Å². The SMILES string of the molecule is CC(C)(C)OCCCCCOCC1C2CC1(C(=O)N1CC(OC(C)(C)C)C1)C2. The van der Waals surface area contributed by atoms with Gasteiger partial charge in [0.25, 0.3) is 0 Å². The summed E-state index contributed by atoms with van der Waals surface area (Å²) in [6, 6.07) is 0. The van der Waals surface area contributed by atoms with Gasteiger partial charge in [-0.1, -0.05) is 0 Å². The third-order valence-electron chi connectivity index (χ3n) is 6.38. The number of likely N-dealkylation sites (tertiary alicyclic amines) is 1. The second-order valence-corrected chi connectivity index (χ2v) is 11.1. The van der Waals surface area contributed by atoms with Crippen LogP contribution < -0.4 is 0 Å². The van der Waals surface area contributed by atoms with E-state index in [-0.39, 0.29) is 22.7 Å². The Morgan fingerprint density at radius 2 is 1.61 bits per heavy atom. The Bertz CT molecular complexity index is 536. The quantitative estimate of drug-likeness (QED) is 0.524. The van der Waals surface area contributed by atoms with Gasteiger partial charge in [-0.3, -0.25) is 4.79 Å². The monoisotopic (exact) mass is 395 g/mol. The highest BCUT2D eigenvalue weighted by atomic mass is 16.5. The van der Waals surface area contributed by atoms with Crippen LogP contribution in [-0.4, -0.2) is 61.0 Å². The molecule has 4 rings (SSSR count). The molecule has 3 aliphatic carbocycles. The first-order chi connectivity index (χ1) is 13.0. The van der Waals surface area contributed by atoms with Gasteiger partial charge in [-0.2, -0.15) is 0 Å². The van der Waals surface area contributed by atoms with Crippen molar-refractivity contribution in [3.63, 3.8) is 0 Å². The maximum atomic E-state index is 13.0. The van der Waals surface area contributed by atoms with E-state index in [1.54, 1.807) is 0 Å². The molecular weight excluding hydrogens is 354 g/mol. The molecule has 1 amide bonds. The molecular formula is C23H41NO4. The van der Waals surface area contributed by atoms with Crippen molar-refractivity contribution in [3.8, 4) is 0 Å². The number of rotatable bonds is 10. The molecule has 1 heterocycles. The molecule has 2 bridgehead atoms. The number of hydrogen-bond acceptors (Lipinski definition) is 4. The number of nitrogens with zero attached hydrogens (tertiary/aromatic N) is 1. The van der Waals surface area contributed by atoms with E-state index in [2.05, 4.69) is 41.5 Å². The molecule has 3 saturated carbocycles. The molecule has 0 aromatic carbocycles. The molecule has 1 atom stereocenters. The molecule has 5 heteroatoms. The average molecular weight is 396 g/mol. The number of ether oxygens (including phenoxy) is 3. The third kappa shape index (κ3) is 5.09. The lowest BCUT2D eigenvalue weighted by Crippen LogP contribution is -2.72. The van der Waals surface area contributed by atoms with E-state index < -0.39 is 0 Å². The molecule has 1 saturated heterocycles. The van der Waals surface area contributed by atoms with Gasteiger partial charge < -0.3 is 19.1 Å². The van der Waals surface area contributed by atoms with Crippen LogP contribution in [0.15, 0.2) is 0 Å². The van der Waals surface area contributed by atoms with Gasteiger partial charge in [0.05, 0.1) is 29.3 Å². The topological polar surface area (TPSA) is 48.0 Å². The maximum absolute atomic E-state index is 13.0. The van der Waals surface area contributed by atoms with Crippen LogP contribution in [0, 0.1) is 17.3 Å². The zero-order chi connectivity index (χ0) is 20.6. The highest BCUT2D eigenvalue weighted by Crippen LogP contribution is 2.69. The van der Waals surface area contributed by atoms with Crippen LogP contribution in [0.1, 0.15) is 73.6 Å². The van der Waals surface area contributed by atoms with Crippen LogP contribution in [0.25, 0.3) is 0 Å². The summed E-state index contributed by atoms with van der Waals surface area (Å²) in [6.07, 6.45) is 5.65. The van der Waals surface area contributed by atoms with Crippen LogP contribution in [0.5, 0.6) is 0 Å². The highest BCUT2D eigenvalue weighted by Gasteiger charge is 2.70. The van der Waals surface area contributed by atoms with E-state index in [1.165, 1.54) is 0 Å². The van der Waals surface area contributed by atoms with Crippen molar-refractivity contribution in [1.29, 1.82) is 0 Å². The minimum atomic E-state index is -0.134. The van der Waals surface area contributed by atoms with Crippen LogP contribution in [0.2, 0.25) is 0 Å². The van der Waals surface area contributed by atoms with Crippen molar-refractivity contribution in [2.45, 2.75) is 91.0 Å². The second kappa shape index (κ2) is 8.23. The molecule has 162 valence electrons. The number of amides is 1. The summed E-state index contributed by atoms with van der Waals surface area (Å²) in [6.45, 7) is 16.4. The summed E-state index contributed by atoms with van der Waals surface area (Å²) in [4.78, 5) is 15.0. The van der Waals surface area contributed by atoms with E-state index in [9.17, 15) is 4.79 Å². The zero-order valence-corrected chi connectivity index (χ0v) is 18.9. The van der Waals surface area contributed by atoms with Gasteiger partial charge in [-0.05, 0) is 85.5 Å². The summed E-state index contributed by atoms with van der Waals surface area (Å²) in [5.41, 5.74) is -0.277. The van der Waals surface area contributed by atoms with E-state index >= 15 is 0 Å². The molecule has 28 heavy (non-hydrogen) atoms. The summed E-state index contributed by atoms with van der Waals surface area (Å²) in [5, 5.41) is 0. The minimum absolute atomic E-state index is 0.0437. The van der Waals surface area contributed by atoms with E-state index in [0.717, 1.165) is 65.0 Å². The molecule has 1 aliphatic heterocycles. The minimum Gasteiger partial charge on any atom is -0.381 e. The first-order valence-corrected chi connectivity index (χ1v) is 11.2. The Balaban J connectivity index is 1.28. The number of carbonyl (C=O) groups is 1. The van der Waals surface area contributed by atoms with Crippen molar-refractivity contribution in [1.82, 2.24) is 4.90 Å². The molecule has 0 aromatic heterocycles. The second-order valence-electron chi connectivity index (χ2n) is 11.1. The predicted molar refractivity (Wildman–Crippen MR) is 110 cm³/mol. The van der Waals surface area contributed by atoms with Gasteiger partial charge >= 0.3 is 0 Å². The molecule has 0 spiro atoms. The summed E-state index contributed by atoms with van der Waals surface area (Å²) in [7, 11) is 0. The first kappa shape index (κ1) is 22.0. The smallest absolute Gasteiger partial charge is 0.229 e. The van der Waals surface area contributed by atoms with Gasteiger partial charge in [0, 0.05) is 26.3 Å². The zero-order valence-electron chi connectivity index (χ0n) is 18.9. The Morgan fingerprint density at radius 3 is 2.14 bits per heavy atom. The van der Waals surface area contributed by atoms with Crippen molar-refractivity contribution in [2.24, 2.45) is 17.3 Å². The number of unbranched alkanes of at least 4 members (excludes halogenated alkanes) is 2. The fourth-order valence-corrected chi connectivity index (χ4v) is 4.79. The maximum Gasteiger partial charge on any atom is 0.229 e. The van der Waals surface area contributed by atoms with Crippen molar-refractivity contribution >= 4 is 5.91 Å². The number of carbonyl (C=O) groups excluding carboxylic acids is 1. The molecule has 5 nitrogen and oxygen atoms in total. The van der Waals surface area contributed by atoms with Gasteiger partial charge in [0.1, 0.15) is 0 Å². The van der Waals surface area contributed by atoms with Crippen LogP contribution >= 0.6 is 0 Å². The van der Waals surface area contributed by atoms with E-state index in [4.69, 9.17) is 14.2 Å². The summed E-state index contributed by atoms with van der Waals surface area (Å²) >= 11 is 0. The average Bonchev–Trinajstić information content (AvgIpc) is 2.44.